The number of piperidine rings is 1. The van der Waals surface area contributed by atoms with E-state index in [-0.39, 0.29) is 6.09 Å². The number of amides is 1. The number of nitrogens with zero attached hydrogens (tertiary/aromatic N) is 3. The monoisotopic (exact) mass is 280 g/mol. The minimum atomic E-state index is -0.222. The molecule has 1 amide bonds. The molecule has 112 valence electrons. The van der Waals surface area contributed by atoms with E-state index in [0.29, 0.717) is 12.1 Å². The van der Waals surface area contributed by atoms with Crippen molar-refractivity contribution >= 4 is 6.09 Å². The van der Waals surface area contributed by atoms with Crippen LogP contribution in [0.1, 0.15) is 26.2 Å². The summed E-state index contributed by atoms with van der Waals surface area (Å²) in [5.41, 5.74) is 0. The fourth-order valence-electron chi connectivity index (χ4n) is 2.65. The number of carbonyl (C=O) groups excluding carboxylic acids is 1. The molecule has 1 aromatic rings. The molecule has 0 bridgehead atoms. The van der Waals surface area contributed by atoms with E-state index in [1.54, 1.807) is 11.1 Å². The number of methoxy groups -OCH3 is 1. The fourth-order valence-corrected chi connectivity index (χ4v) is 2.65. The van der Waals surface area contributed by atoms with Crippen LogP contribution < -0.4 is 5.32 Å². The summed E-state index contributed by atoms with van der Waals surface area (Å²) in [6, 6.07) is 2.70. The van der Waals surface area contributed by atoms with Crippen LogP contribution in [0.5, 0.6) is 0 Å². The molecule has 2 heterocycles. The van der Waals surface area contributed by atoms with E-state index in [2.05, 4.69) is 17.3 Å². The lowest BCUT2D eigenvalue weighted by atomic mass is 10.0. The van der Waals surface area contributed by atoms with Gasteiger partial charge in [-0.25, -0.2) is 4.79 Å². The van der Waals surface area contributed by atoms with Crippen molar-refractivity contribution in [1.82, 2.24) is 20.0 Å². The van der Waals surface area contributed by atoms with Crippen LogP contribution in [-0.4, -0.2) is 53.1 Å². The molecule has 2 atom stereocenters. The Labute approximate surface area is 120 Å². The zero-order valence-corrected chi connectivity index (χ0v) is 12.3. The maximum atomic E-state index is 11.5. The SMILES string of the molecule is COC(=O)N1CCCC(NC(C)CCn2cccn2)C1. The molecular formula is C14H24N4O2. The van der Waals surface area contributed by atoms with E-state index in [1.807, 2.05) is 16.9 Å². The smallest absolute Gasteiger partial charge is 0.409 e. The maximum Gasteiger partial charge on any atom is 0.409 e. The van der Waals surface area contributed by atoms with Crippen LogP contribution in [0.3, 0.4) is 0 Å². The van der Waals surface area contributed by atoms with E-state index in [1.165, 1.54) is 7.11 Å². The van der Waals surface area contributed by atoms with Gasteiger partial charge in [-0.3, -0.25) is 4.68 Å². The minimum absolute atomic E-state index is 0.222. The van der Waals surface area contributed by atoms with E-state index in [0.717, 1.165) is 38.9 Å². The third-order valence-electron chi connectivity index (χ3n) is 3.72. The topological polar surface area (TPSA) is 59.4 Å². The highest BCUT2D eigenvalue weighted by atomic mass is 16.5. The van der Waals surface area contributed by atoms with Crippen LogP contribution in [0.25, 0.3) is 0 Å². The molecule has 1 aliphatic rings. The highest BCUT2D eigenvalue weighted by Gasteiger charge is 2.24. The average Bonchev–Trinajstić information content (AvgIpc) is 2.98. The molecule has 2 rings (SSSR count). The first kappa shape index (κ1) is 14.8. The largest absolute Gasteiger partial charge is 0.453 e. The number of likely N-dealkylation sites (tertiary alicyclic amines) is 1. The number of aryl methyl sites for hydroxylation is 1. The molecule has 0 aliphatic carbocycles. The number of aromatic nitrogens is 2. The summed E-state index contributed by atoms with van der Waals surface area (Å²) in [4.78, 5) is 13.3. The number of hydrogen-bond acceptors (Lipinski definition) is 4. The third-order valence-corrected chi connectivity index (χ3v) is 3.72. The molecule has 6 heteroatoms. The van der Waals surface area contributed by atoms with Gasteiger partial charge in [0, 0.05) is 44.1 Å². The summed E-state index contributed by atoms with van der Waals surface area (Å²) in [5.74, 6) is 0. The Bertz CT molecular complexity index is 407. The van der Waals surface area contributed by atoms with Crippen molar-refractivity contribution in [1.29, 1.82) is 0 Å². The van der Waals surface area contributed by atoms with Crippen molar-refractivity contribution in [2.45, 2.75) is 44.8 Å². The summed E-state index contributed by atoms with van der Waals surface area (Å²) >= 11 is 0. The van der Waals surface area contributed by atoms with Gasteiger partial charge in [0.25, 0.3) is 0 Å². The van der Waals surface area contributed by atoms with Gasteiger partial charge >= 0.3 is 6.09 Å². The quantitative estimate of drug-likeness (QED) is 0.887. The summed E-state index contributed by atoms with van der Waals surface area (Å²) in [7, 11) is 1.44. The van der Waals surface area contributed by atoms with E-state index in [4.69, 9.17) is 4.74 Å². The van der Waals surface area contributed by atoms with Gasteiger partial charge in [0.2, 0.25) is 0 Å². The predicted octanol–water partition coefficient (Wildman–Crippen LogP) is 1.48. The second-order valence-corrected chi connectivity index (χ2v) is 5.38. The first-order valence-corrected chi connectivity index (χ1v) is 7.25. The van der Waals surface area contributed by atoms with Gasteiger partial charge in [0.15, 0.2) is 0 Å². The van der Waals surface area contributed by atoms with Crippen molar-refractivity contribution in [3.63, 3.8) is 0 Å². The van der Waals surface area contributed by atoms with Crippen molar-refractivity contribution in [3.8, 4) is 0 Å². The summed E-state index contributed by atoms with van der Waals surface area (Å²) < 4.78 is 6.73. The fraction of sp³-hybridized carbons (Fsp3) is 0.714. The number of ether oxygens (including phenoxy) is 1. The average molecular weight is 280 g/mol. The van der Waals surface area contributed by atoms with Gasteiger partial charge < -0.3 is 15.0 Å². The number of nitrogens with one attached hydrogen (secondary N) is 1. The van der Waals surface area contributed by atoms with Crippen molar-refractivity contribution in [2.24, 2.45) is 0 Å². The predicted molar refractivity (Wildman–Crippen MR) is 76.4 cm³/mol. The van der Waals surface area contributed by atoms with Gasteiger partial charge in [-0.1, -0.05) is 0 Å². The number of rotatable bonds is 5. The van der Waals surface area contributed by atoms with Crippen molar-refractivity contribution in [2.75, 3.05) is 20.2 Å². The molecule has 1 fully saturated rings. The first-order valence-electron chi connectivity index (χ1n) is 7.25. The van der Waals surface area contributed by atoms with Crippen LogP contribution in [-0.2, 0) is 11.3 Å². The molecule has 1 aromatic heterocycles. The molecule has 20 heavy (non-hydrogen) atoms. The van der Waals surface area contributed by atoms with E-state index < -0.39 is 0 Å². The van der Waals surface area contributed by atoms with Crippen LogP contribution in [0.15, 0.2) is 18.5 Å². The third kappa shape index (κ3) is 4.23. The molecule has 0 aromatic carbocycles. The van der Waals surface area contributed by atoms with Crippen LogP contribution in [0.2, 0.25) is 0 Å². The Morgan fingerprint density at radius 1 is 1.60 bits per heavy atom. The summed E-state index contributed by atoms with van der Waals surface area (Å²) in [6.45, 7) is 4.63. The Morgan fingerprint density at radius 2 is 2.45 bits per heavy atom. The molecular weight excluding hydrogens is 256 g/mol. The van der Waals surface area contributed by atoms with Gasteiger partial charge in [-0.05, 0) is 32.3 Å². The molecule has 1 aliphatic heterocycles. The Morgan fingerprint density at radius 3 is 3.15 bits per heavy atom. The maximum absolute atomic E-state index is 11.5. The van der Waals surface area contributed by atoms with Gasteiger partial charge in [0.1, 0.15) is 0 Å². The zero-order valence-electron chi connectivity index (χ0n) is 12.3. The molecule has 1 N–H and O–H groups in total. The number of carbonyl (C=O) groups is 1. The normalized spacial score (nSPS) is 20.7. The summed E-state index contributed by atoms with van der Waals surface area (Å²) in [6.07, 6.45) is 6.72. The lowest BCUT2D eigenvalue weighted by Gasteiger charge is -2.33. The van der Waals surface area contributed by atoms with Crippen molar-refractivity contribution < 1.29 is 9.53 Å². The number of hydrogen-bond donors (Lipinski definition) is 1. The van der Waals surface area contributed by atoms with Crippen LogP contribution in [0, 0.1) is 0 Å². The Hall–Kier alpha value is -1.56. The lowest BCUT2D eigenvalue weighted by molar-refractivity contribution is 0.106. The van der Waals surface area contributed by atoms with Crippen LogP contribution in [0.4, 0.5) is 4.79 Å². The molecule has 0 saturated carbocycles. The highest BCUT2D eigenvalue weighted by Crippen LogP contribution is 2.12. The standard InChI is InChI=1S/C14H24N4O2/c1-12(6-10-18-9-4-7-15-18)16-13-5-3-8-17(11-13)14(19)20-2/h4,7,9,12-13,16H,3,5-6,8,10-11H2,1-2H3. The lowest BCUT2D eigenvalue weighted by Crippen LogP contribution is -2.50. The van der Waals surface area contributed by atoms with E-state index in [9.17, 15) is 4.79 Å². The molecule has 0 radical (unpaired) electrons. The second-order valence-electron chi connectivity index (χ2n) is 5.38. The summed E-state index contributed by atoms with van der Waals surface area (Å²) in [5, 5.41) is 7.80. The highest BCUT2D eigenvalue weighted by molar-refractivity contribution is 5.67. The van der Waals surface area contributed by atoms with Gasteiger partial charge in [-0.15, -0.1) is 0 Å². The zero-order chi connectivity index (χ0) is 14.4. The second kappa shape index (κ2) is 7.28. The minimum Gasteiger partial charge on any atom is -0.453 e. The molecule has 6 nitrogen and oxygen atoms in total. The molecule has 0 spiro atoms. The van der Waals surface area contributed by atoms with E-state index >= 15 is 0 Å². The Balaban J connectivity index is 1.73. The van der Waals surface area contributed by atoms with Gasteiger partial charge in [-0.2, -0.15) is 5.10 Å². The molecule has 1 saturated heterocycles. The van der Waals surface area contributed by atoms with Crippen molar-refractivity contribution in [3.05, 3.63) is 18.5 Å². The van der Waals surface area contributed by atoms with Crippen LogP contribution >= 0.6 is 0 Å². The molecule has 2 unspecified atom stereocenters. The van der Waals surface area contributed by atoms with Gasteiger partial charge in [0.05, 0.1) is 7.11 Å². The first-order chi connectivity index (χ1) is 9.69. The Kier molecular flexibility index (Phi) is 5.40.